The summed E-state index contributed by atoms with van der Waals surface area (Å²) in [6, 6.07) is 11.6. The first kappa shape index (κ1) is 19.3. The molecule has 0 radical (unpaired) electrons. The fourth-order valence-electron chi connectivity index (χ4n) is 2.19. The molecule has 0 saturated heterocycles. The second-order valence-corrected chi connectivity index (χ2v) is 8.50. The fourth-order valence-corrected chi connectivity index (χ4v) is 4.37. The molecule has 0 amide bonds. The van der Waals surface area contributed by atoms with E-state index in [0.29, 0.717) is 0 Å². The predicted molar refractivity (Wildman–Crippen MR) is 93.9 cm³/mol. The van der Waals surface area contributed by atoms with Gasteiger partial charge >= 0.3 is 6.18 Å². The fraction of sp³-hybridized carbons (Fsp3) is 0.118. The van der Waals surface area contributed by atoms with Gasteiger partial charge in [-0.3, -0.25) is 4.98 Å². The van der Waals surface area contributed by atoms with E-state index in [1.165, 1.54) is 24.4 Å². The van der Waals surface area contributed by atoms with Gasteiger partial charge in [0.25, 0.3) is 0 Å². The van der Waals surface area contributed by atoms with Crippen LogP contribution in [0, 0.1) is 0 Å². The highest BCUT2D eigenvalue weighted by molar-refractivity contribution is 8.00. The molecule has 140 valence electrons. The van der Waals surface area contributed by atoms with Crippen molar-refractivity contribution in [1.82, 2.24) is 15.0 Å². The van der Waals surface area contributed by atoms with Gasteiger partial charge in [0.05, 0.1) is 4.90 Å². The van der Waals surface area contributed by atoms with E-state index in [-0.39, 0.29) is 26.3 Å². The molecule has 0 aliphatic rings. The highest BCUT2D eigenvalue weighted by atomic mass is 32.2. The lowest BCUT2D eigenvalue weighted by molar-refractivity contribution is -0.141. The highest BCUT2D eigenvalue weighted by Crippen LogP contribution is 2.36. The van der Waals surface area contributed by atoms with Crippen LogP contribution in [0.5, 0.6) is 0 Å². The molecule has 2 aromatic heterocycles. The lowest BCUT2D eigenvalue weighted by Gasteiger charge is -2.11. The van der Waals surface area contributed by atoms with Crippen LogP contribution in [-0.4, -0.2) is 29.6 Å². The van der Waals surface area contributed by atoms with E-state index in [2.05, 4.69) is 15.0 Å². The minimum absolute atomic E-state index is 0.0153. The minimum Gasteiger partial charge on any atom is -0.253 e. The van der Waals surface area contributed by atoms with Crippen molar-refractivity contribution >= 4 is 21.6 Å². The molecule has 0 saturated carbocycles. The zero-order valence-electron chi connectivity index (χ0n) is 13.8. The molecule has 0 N–H and O–H groups in total. The molecular weight excluding hydrogens is 399 g/mol. The molecule has 0 atom stereocenters. The van der Waals surface area contributed by atoms with Crippen molar-refractivity contribution in [2.75, 3.05) is 6.26 Å². The van der Waals surface area contributed by atoms with Gasteiger partial charge < -0.3 is 0 Å². The van der Waals surface area contributed by atoms with Crippen LogP contribution in [0.1, 0.15) is 5.69 Å². The zero-order valence-corrected chi connectivity index (χ0v) is 15.4. The SMILES string of the molecule is CS(=O)(=O)c1ccccc1Sc1cc(C(F)(F)F)nc(-c2ccccn2)n1. The predicted octanol–water partition coefficient (Wildman–Crippen LogP) is 4.11. The van der Waals surface area contributed by atoms with Crippen molar-refractivity contribution in [3.63, 3.8) is 0 Å². The molecule has 0 spiro atoms. The van der Waals surface area contributed by atoms with Crippen LogP contribution >= 0.6 is 11.8 Å². The van der Waals surface area contributed by atoms with E-state index < -0.39 is 21.7 Å². The van der Waals surface area contributed by atoms with Crippen LogP contribution in [0.4, 0.5) is 13.2 Å². The maximum Gasteiger partial charge on any atom is 0.433 e. The number of rotatable bonds is 4. The van der Waals surface area contributed by atoms with E-state index in [9.17, 15) is 21.6 Å². The van der Waals surface area contributed by atoms with Crippen LogP contribution in [0.2, 0.25) is 0 Å². The Balaban J connectivity index is 2.12. The Bertz CT molecular complexity index is 1070. The number of hydrogen-bond donors (Lipinski definition) is 0. The Morgan fingerprint density at radius 1 is 1.00 bits per heavy atom. The van der Waals surface area contributed by atoms with Crippen LogP contribution in [0.25, 0.3) is 11.5 Å². The van der Waals surface area contributed by atoms with Gasteiger partial charge in [0.2, 0.25) is 0 Å². The number of nitrogens with zero attached hydrogens (tertiary/aromatic N) is 3. The highest BCUT2D eigenvalue weighted by Gasteiger charge is 2.34. The van der Waals surface area contributed by atoms with Crippen LogP contribution in [0.15, 0.2) is 69.5 Å². The van der Waals surface area contributed by atoms with Gasteiger partial charge in [-0.1, -0.05) is 30.0 Å². The molecule has 27 heavy (non-hydrogen) atoms. The topological polar surface area (TPSA) is 72.8 Å². The average Bonchev–Trinajstić information content (AvgIpc) is 2.61. The van der Waals surface area contributed by atoms with Crippen molar-refractivity contribution in [2.24, 2.45) is 0 Å². The second-order valence-electron chi connectivity index (χ2n) is 5.45. The number of hydrogen-bond acceptors (Lipinski definition) is 6. The first-order valence-corrected chi connectivity index (χ1v) is 10.2. The van der Waals surface area contributed by atoms with Crippen molar-refractivity contribution < 1.29 is 21.6 Å². The van der Waals surface area contributed by atoms with Crippen molar-refractivity contribution in [1.29, 1.82) is 0 Å². The first-order valence-electron chi connectivity index (χ1n) is 7.49. The molecule has 5 nitrogen and oxygen atoms in total. The number of halogens is 3. The number of aromatic nitrogens is 3. The first-order chi connectivity index (χ1) is 12.6. The monoisotopic (exact) mass is 411 g/mol. The summed E-state index contributed by atoms with van der Waals surface area (Å²) in [7, 11) is -3.55. The summed E-state index contributed by atoms with van der Waals surface area (Å²) in [5.74, 6) is -0.190. The Kier molecular flexibility index (Phi) is 5.20. The number of sulfone groups is 1. The number of benzene rings is 1. The van der Waals surface area contributed by atoms with E-state index in [0.717, 1.165) is 24.1 Å². The molecule has 0 unspecified atom stereocenters. The van der Waals surface area contributed by atoms with Crippen molar-refractivity contribution in [2.45, 2.75) is 21.0 Å². The number of pyridine rings is 1. The van der Waals surface area contributed by atoms with Gasteiger partial charge in [-0.25, -0.2) is 18.4 Å². The molecule has 10 heteroatoms. The molecule has 0 aliphatic heterocycles. The lowest BCUT2D eigenvalue weighted by Crippen LogP contribution is -2.10. The summed E-state index contributed by atoms with van der Waals surface area (Å²) in [6.07, 6.45) is -2.23. The normalized spacial score (nSPS) is 12.1. The average molecular weight is 411 g/mol. The Labute approximate surface area is 157 Å². The Morgan fingerprint density at radius 2 is 1.70 bits per heavy atom. The zero-order chi connectivity index (χ0) is 19.7. The molecule has 3 aromatic rings. The van der Waals surface area contributed by atoms with E-state index in [1.54, 1.807) is 24.3 Å². The minimum atomic E-state index is -4.68. The molecular formula is C17H12F3N3O2S2. The van der Waals surface area contributed by atoms with E-state index >= 15 is 0 Å². The molecule has 0 fully saturated rings. The van der Waals surface area contributed by atoms with Crippen molar-refractivity contribution in [3.05, 3.63) is 60.4 Å². The molecule has 0 aliphatic carbocycles. The summed E-state index contributed by atoms with van der Waals surface area (Å²) in [6.45, 7) is 0. The Hall–Kier alpha value is -2.46. The van der Waals surface area contributed by atoms with Gasteiger partial charge in [-0.2, -0.15) is 13.2 Å². The quantitative estimate of drug-likeness (QED) is 0.602. The maximum atomic E-state index is 13.3. The lowest BCUT2D eigenvalue weighted by atomic mass is 10.3. The summed E-state index contributed by atoms with van der Waals surface area (Å²) < 4.78 is 63.6. The molecule has 3 rings (SSSR count). The largest absolute Gasteiger partial charge is 0.433 e. The maximum absolute atomic E-state index is 13.3. The third-order valence-electron chi connectivity index (χ3n) is 3.35. The second kappa shape index (κ2) is 7.28. The van der Waals surface area contributed by atoms with E-state index in [1.807, 2.05) is 0 Å². The van der Waals surface area contributed by atoms with Crippen molar-refractivity contribution in [3.8, 4) is 11.5 Å². The molecule has 2 heterocycles. The summed E-state index contributed by atoms with van der Waals surface area (Å²) in [5, 5.41) is -0.0333. The summed E-state index contributed by atoms with van der Waals surface area (Å²) in [4.78, 5) is 12.0. The third-order valence-corrected chi connectivity index (χ3v) is 5.63. The summed E-state index contributed by atoms with van der Waals surface area (Å²) in [5.41, 5.74) is -0.945. The van der Waals surface area contributed by atoms with Crippen LogP contribution in [-0.2, 0) is 16.0 Å². The van der Waals surface area contributed by atoms with Gasteiger partial charge in [-0.05, 0) is 24.3 Å². The molecule has 1 aromatic carbocycles. The van der Waals surface area contributed by atoms with E-state index in [4.69, 9.17) is 0 Å². The number of alkyl halides is 3. The summed E-state index contributed by atoms with van der Waals surface area (Å²) >= 11 is 0.822. The third kappa shape index (κ3) is 4.64. The Morgan fingerprint density at radius 3 is 2.33 bits per heavy atom. The van der Waals surface area contributed by atoms with Gasteiger partial charge in [0.15, 0.2) is 15.7 Å². The van der Waals surface area contributed by atoms with Gasteiger partial charge in [0, 0.05) is 23.4 Å². The molecule has 0 bridgehead atoms. The standard InChI is InChI=1S/C17H12F3N3O2S2/c1-27(24,25)13-8-3-2-7-12(13)26-15-10-14(17(18,19)20)22-16(23-15)11-6-4-5-9-21-11/h2-10H,1H3. The smallest absolute Gasteiger partial charge is 0.253 e. The van der Waals surface area contributed by atoms with Crippen LogP contribution < -0.4 is 0 Å². The van der Waals surface area contributed by atoms with Crippen LogP contribution in [0.3, 0.4) is 0 Å². The van der Waals surface area contributed by atoms with Gasteiger partial charge in [-0.15, -0.1) is 0 Å². The van der Waals surface area contributed by atoms with Gasteiger partial charge in [0.1, 0.15) is 16.4 Å².